The first kappa shape index (κ1) is 24.2. The molecule has 0 bridgehead atoms. The molecule has 1 fully saturated rings. The van der Waals surface area contributed by atoms with Gasteiger partial charge in [-0.05, 0) is 43.2 Å². The molecule has 158 valence electrons. The van der Waals surface area contributed by atoms with Gasteiger partial charge in [-0.2, -0.15) is 0 Å². The molecule has 2 N–H and O–H groups in total. The lowest BCUT2D eigenvalue weighted by atomic mass is 9.78. The van der Waals surface area contributed by atoms with E-state index in [9.17, 15) is 9.59 Å². The normalized spacial score (nSPS) is 20.6. The van der Waals surface area contributed by atoms with E-state index in [-0.39, 0.29) is 17.8 Å². The standard InChI is InChI=1S/C21H31NO4.C2H6/c1-4-15(3)6-11-18(19(23)26-5-2)16-7-9-17(10-8-16)21(20(22)24)12-13-25-14-21;1-2/h7-10,15,18H,4-6,11-14H2,1-3H3,(H2,22,24);1-2H3. The van der Waals surface area contributed by atoms with E-state index in [4.69, 9.17) is 15.2 Å². The average molecular weight is 392 g/mol. The van der Waals surface area contributed by atoms with E-state index >= 15 is 0 Å². The molecule has 28 heavy (non-hydrogen) atoms. The topological polar surface area (TPSA) is 78.6 Å². The lowest BCUT2D eigenvalue weighted by molar-refractivity contribution is -0.145. The van der Waals surface area contributed by atoms with E-state index in [1.807, 2.05) is 45.0 Å². The number of primary amides is 1. The number of rotatable bonds is 9. The lowest BCUT2D eigenvalue weighted by Crippen LogP contribution is -2.41. The van der Waals surface area contributed by atoms with Crippen LogP contribution in [-0.4, -0.2) is 31.7 Å². The van der Waals surface area contributed by atoms with Gasteiger partial charge in [0.2, 0.25) is 5.91 Å². The summed E-state index contributed by atoms with van der Waals surface area (Å²) in [6.07, 6.45) is 3.42. The summed E-state index contributed by atoms with van der Waals surface area (Å²) < 4.78 is 10.7. The van der Waals surface area contributed by atoms with Crippen molar-refractivity contribution < 1.29 is 19.1 Å². The minimum atomic E-state index is -0.755. The monoisotopic (exact) mass is 391 g/mol. The molecule has 1 saturated heterocycles. The van der Waals surface area contributed by atoms with Crippen molar-refractivity contribution in [1.29, 1.82) is 0 Å². The van der Waals surface area contributed by atoms with E-state index in [1.165, 1.54) is 0 Å². The molecule has 5 nitrogen and oxygen atoms in total. The zero-order chi connectivity index (χ0) is 21.2. The number of carbonyl (C=O) groups excluding carboxylic acids is 2. The van der Waals surface area contributed by atoms with Gasteiger partial charge in [0.25, 0.3) is 0 Å². The largest absolute Gasteiger partial charge is 0.466 e. The molecule has 0 spiro atoms. The summed E-state index contributed by atoms with van der Waals surface area (Å²) in [5, 5.41) is 0. The summed E-state index contributed by atoms with van der Waals surface area (Å²) >= 11 is 0. The fourth-order valence-electron chi connectivity index (χ4n) is 3.48. The SMILES string of the molecule is CC.CCOC(=O)C(CCC(C)CC)c1ccc(C2(C(N)=O)CCOC2)cc1. The van der Waals surface area contributed by atoms with E-state index in [1.54, 1.807) is 0 Å². The molecule has 1 aromatic carbocycles. The van der Waals surface area contributed by atoms with Crippen molar-refractivity contribution in [1.82, 2.24) is 0 Å². The molecular formula is C23H37NO4. The van der Waals surface area contributed by atoms with Gasteiger partial charge in [-0.1, -0.05) is 58.4 Å². The maximum atomic E-state index is 12.4. The van der Waals surface area contributed by atoms with E-state index in [2.05, 4.69) is 13.8 Å². The minimum absolute atomic E-state index is 0.183. The molecular weight excluding hydrogens is 354 g/mol. The second kappa shape index (κ2) is 11.8. The molecule has 3 unspecified atom stereocenters. The van der Waals surface area contributed by atoms with Crippen molar-refractivity contribution in [2.24, 2.45) is 11.7 Å². The number of esters is 1. The van der Waals surface area contributed by atoms with Gasteiger partial charge in [0.15, 0.2) is 0 Å². The number of benzene rings is 1. The Balaban J connectivity index is 0.00000190. The molecule has 1 aliphatic heterocycles. The van der Waals surface area contributed by atoms with Gasteiger partial charge < -0.3 is 15.2 Å². The van der Waals surface area contributed by atoms with Crippen LogP contribution in [0.15, 0.2) is 24.3 Å². The highest BCUT2D eigenvalue weighted by molar-refractivity contribution is 5.87. The third-order valence-corrected chi connectivity index (χ3v) is 5.58. The summed E-state index contributed by atoms with van der Waals surface area (Å²) in [7, 11) is 0. The number of carbonyl (C=O) groups is 2. The number of nitrogens with two attached hydrogens (primary N) is 1. The Morgan fingerprint density at radius 2 is 1.82 bits per heavy atom. The first-order valence-corrected chi connectivity index (χ1v) is 10.6. The molecule has 1 amide bonds. The number of hydrogen-bond acceptors (Lipinski definition) is 4. The summed E-state index contributed by atoms with van der Waals surface area (Å²) in [5.74, 6) is -0.249. The fourth-order valence-corrected chi connectivity index (χ4v) is 3.48. The van der Waals surface area contributed by atoms with Crippen LogP contribution in [0.4, 0.5) is 0 Å². The molecule has 1 heterocycles. The Hall–Kier alpha value is -1.88. The average Bonchev–Trinajstić information content (AvgIpc) is 3.21. The molecule has 5 heteroatoms. The highest BCUT2D eigenvalue weighted by Crippen LogP contribution is 2.34. The Labute approximate surface area is 170 Å². The van der Waals surface area contributed by atoms with E-state index in [0.29, 0.717) is 32.2 Å². The van der Waals surface area contributed by atoms with Gasteiger partial charge in [0, 0.05) is 6.61 Å². The molecule has 3 atom stereocenters. The summed E-state index contributed by atoms with van der Waals surface area (Å²) in [5.41, 5.74) is 6.68. The van der Waals surface area contributed by atoms with Gasteiger partial charge >= 0.3 is 5.97 Å². The first-order valence-electron chi connectivity index (χ1n) is 10.6. The third kappa shape index (κ3) is 5.81. The molecule has 2 rings (SSSR count). The van der Waals surface area contributed by atoms with Crippen LogP contribution in [0, 0.1) is 5.92 Å². The van der Waals surface area contributed by atoms with Crippen LogP contribution in [-0.2, 0) is 24.5 Å². The zero-order valence-electron chi connectivity index (χ0n) is 18.1. The number of hydrogen-bond donors (Lipinski definition) is 1. The van der Waals surface area contributed by atoms with E-state index in [0.717, 1.165) is 30.4 Å². The van der Waals surface area contributed by atoms with Gasteiger partial charge in [-0.15, -0.1) is 0 Å². The number of amides is 1. The van der Waals surface area contributed by atoms with Crippen molar-refractivity contribution >= 4 is 11.9 Å². The maximum absolute atomic E-state index is 12.4. The number of ether oxygens (including phenoxy) is 2. The van der Waals surface area contributed by atoms with Crippen LogP contribution in [0.2, 0.25) is 0 Å². The summed E-state index contributed by atoms with van der Waals surface area (Å²) in [6.45, 7) is 11.4. The van der Waals surface area contributed by atoms with Crippen LogP contribution in [0.25, 0.3) is 0 Å². The van der Waals surface area contributed by atoms with Crippen molar-refractivity contribution in [2.45, 2.75) is 71.6 Å². The lowest BCUT2D eigenvalue weighted by Gasteiger charge is -2.25. The summed E-state index contributed by atoms with van der Waals surface area (Å²) in [4.78, 5) is 24.5. The van der Waals surface area contributed by atoms with Gasteiger partial charge in [0.1, 0.15) is 0 Å². The summed E-state index contributed by atoms with van der Waals surface area (Å²) in [6, 6.07) is 7.67. The maximum Gasteiger partial charge on any atom is 0.313 e. The smallest absolute Gasteiger partial charge is 0.313 e. The van der Waals surface area contributed by atoms with Gasteiger partial charge in [-0.3, -0.25) is 9.59 Å². The second-order valence-corrected chi connectivity index (χ2v) is 7.27. The Morgan fingerprint density at radius 1 is 1.18 bits per heavy atom. The molecule has 1 aliphatic rings. The van der Waals surface area contributed by atoms with E-state index < -0.39 is 5.41 Å². The van der Waals surface area contributed by atoms with Gasteiger partial charge in [-0.25, -0.2) is 0 Å². The molecule has 1 aromatic rings. The second-order valence-electron chi connectivity index (χ2n) is 7.27. The molecule has 0 aromatic heterocycles. The van der Waals surface area contributed by atoms with Crippen molar-refractivity contribution in [3.8, 4) is 0 Å². The fraction of sp³-hybridized carbons (Fsp3) is 0.652. The molecule has 0 saturated carbocycles. The molecule has 0 aliphatic carbocycles. The van der Waals surface area contributed by atoms with Crippen molar-refractivity contribution in [3.63, 3.8) is 0 Å². The van der Waals surface area contributed by atoms with Crippen LogP contribution in [0.3, 0.4) is 0 Å². The van der Waals surface area contributed by atoms with Crippen molar-refractivity contribution in [2.75, 3.05) is 19.8 Å². The zero-order valence-corrected chi connectivity index (χ0v) is 18.1. The van der Waals surface area contributed by atoms with Crippen LogP contribution < -0.4 is 5.73 Å². The van der Waals surface area contributed by atoms with Crippen LogP contribution >= 0.6 is 0 Å². The first-order chi connectivity index (χ1) is 13.4. The highest BCUT2D eigenvalue weighted by atomic mass is 16.5. The Kier molecular flexibility index (Phi) is 10.2. The highest BCUT2D eigenvalue weighted by Gasteiger charge is 2.42. The van der Waals surface area contributed by atoms with Crippen molar-refractivity contribution in [3.05, 3.63) is 35.4 Å². The Morgan fingerprint density at radius 3 is 2.29 bits per heavy atom. The van der Waals surface area contributed by atoms with Crippen LogP contribution in [0.1, 0.15) is 77.3 Å². The minimum Gasteiger partial charge on any atom is -0.466 e. The Bertz CT molecular complexity index is 606. The third-order valence-electron chi connectivity index (χ3n) is 5.58. The molecule has 0 radical (unpaired) electrons. The van der Waals surface area contributed by atoms with Crippen LogP contribution in [0.5, 0.6) is 0 Å². The quantitative estimate of drug-likeness (QED) is 0.636. The predicted molar refractivity (Wildman–Crippen MR) is 112 cm³/mol. The van der Waals surface area contributed by atoms with Gasteiger partial charge in [0.05, 0.1) is 24.5 Å². The predicted octanol–water partition coefficient (Wildman–Crippen LogP) is 4.33.